The SMILES string of the molecule is Cc1cc(C)cc(C(=O)Nc2c(N3C[C@@H](C)N(C)[C@@H](C)C3)ccc(-n3cc(C(=O)NCCCN4CCOCC4)nn3)c2C)c1. The van der Waals surface area contributed by atoms with Crippen LogP contribution >= 0.6 is 0 Å². The van der Waals surface area contributed by atoms with Crippen molar-refractivity contribution >= 4 is 23.2 Å². The van der Waals surface area contributed by atoms with Gasteiger partial charge in [-0.2, -0.15) is 0 Å². The molecule has 2 atom stereocenters. The summed E-state index contributed by atoms with van der Waals surface area (Å²) in [6.07, 6.45) is 2.50. The third-order valence-electron chi connectivity index (χ3n) is 8.85. The zero-order valence-electron chi connectivity index (χ0n) is 26.9. The van der Waals surface area contributed by atoms with E-state index in [0.717, 1.165) is 86.1 Å². The van der Waals surface area contributed by atoms with E-state index in [4.69, 9.17) is 4.74 Å². The Morgan fingerprint density at radius 1 is 0.955 bits per heavy atom. The number of nitrogens with zero attached hydrogens (tertiary/aromatic N) is 6. The van der Waals surface area contributed by atoms with Crippen molar-refractivity contribution in [2.24, 2.45) is 0 Å². The fourth-order valence-corrected chi connectivity index (χ4v) is 6.15. The zero-order valence-corrected chi connectivity index (χ0v) is 26.9. The van der Waals surface area contributed by atoms with Crippen LogP contribution in [0.5, 0.6) is 0 Å². The van der Waals surface area contributed by atoms with E-state index in [0.29, 0.717) is 24.2 Å². The van der Waals surface area contributed by atoms with Gasteiger partial charge in [-0.1, -0.05) is 22.4 Å². The summed E-state index contributed by atoms with van der Waals surface area (Å²) in [6.45, 7) is 17.0. The van der Waals surface area contributed by atoms with E-state index in [1.807, 2.05) is 45.0 Å². The summed E-state index contributed by atoms with van der Waals surface area (Å²) in [6, 6.07) is 10.6. The van der Waals surface area contributed by atoms with E-state index >= 15 is 0 Å². The van der Waals surface area contributed by atoms with Gasteiger partial charge >= 0.3 is 0 Å². The number of hydrogen-bond acceptors (Lipinski definition) is 8. The first-order valence-corrected chi connectivity index (χ1v) is 15.6. The minimum atomic E-state index is -0.253. The van der Waals surface area contributed by atoms with Crippen molar-refractivity contribution < 1.29 is 14.3 Å². The molecule has 2 aliphatic heterocycles. The number of amides is 2. The largest absolute Gasteiger partial charge is 0.379 e. The molecule has 2 aliphatic rings. The summed E-state index contributed by atoms with van der Waals surface area (Å²) in [4.78, 5) is 33.6. The number of likely N-dealkylation sites (N-methyl/N-ethyl adjacent to an activating group) is 1. The molecule has 2 saturated heterocycles. The van der Waals surface area contributed by atoms with Crippen LogP contribution in [0.2, 0.25) is 0 Å². The standard InChI is InChI=1S/C33H46N8O3/c1-22-16-23(2)18-27(17-22)32(42)35-31-26(5)29(8-9-30(31)40-19-24(3)38(6)25(4)20-40)41-21-28(36-37-41)33(43)34-10-7-11-39-12-14-44-15-13-39/h8-9,16-18,21,24-25H,7,10-15,19-20H2,1-6H3,(H,34,43)(H,35,42)/t24-,25+. The van der Waals surface area contributed by atoms with E-state index in [-0.39, 0.29) is 17.5 Å². The van der Waals surface area contributed by atoms with Gasteiger partial charge in [-0.25, -0.2) is 4.68 Å². The second kappa shape index (κ2) is 13.9. The molecule has 1 aromatic heterocycles. The molecule has 3 heterocycles. The van der Waals surface area contributed by atoms with Crippen LogP contribution in [-0.4, -0.2) is 108 Å². The van der Waals surface area contributed by atoms with Crippen molar-refractivity contribution in [3.8, 4) is 5.69 Å². The highest BCUT2D eigenvalue weighted by Crippen LogP contribution is 2.35. The molecule has 0 aliphatic carbocycles. The summed E-state index contributed by atoms with van der Waals surface area (Å²) in [5.74, 6) is -0.416. The minimum Gasteiger partial charge on any atom is -0.379 e. The molecule has 11 nitrogen and oxygen atoms in total. The van der Waals surface area contributed by atoms with Gasteiger partial charge < -0.3 is 20.3 Å². The number of ether oxygens (including phenoxy) is 1. The Labute approximate surface area is 260 Å². The topological polar surface area (TPSA) is 108 Å². The number of piperazine rings is 1. The van der Waals surface area contributed by atoms with Gasteiger partial charge in [0.1, 0.15) is 0 Å². The predicted molar refractivity (Wildman–Crippen MR) is 173 cm³/mol. The molecule has 3 aromatic rings. The number of benzene rings is 2. The monoisotopic (exact) mass is 602 g/mol. The Kier molecular flexibility index (Phi) is 9.97. The van der Waals surface area contributed by atoms with E-state index in [1.165, 1.54) is 0 Å². The summed E-state index contributed by atoms with van der Waals surface area (Å²) >= 11 is 0. The number of nitrogens with one attached hydrogen (secondary N) is 2. The first kappa shape index (κ1) is 31.6. The average Bonchev–Trinajstić information content (AvgIpc) is 3.49. The molecule has 0 saturated carbocycles. The fourth-order valence-electron chi connectivity index (χ4n) is 6.15. The number of anilines is 2. The Bertz CT molecular complexity index is 1450. The zero-order chi connectivity index (χ0) is 31.4. The van der Waals surface area contributed by atoms with Gasteiger partial charge in [0.05, 0.1) is 36.5 Å². The molecule has 2 amide bonds. The van der Waals surface area contributed by atoms with Crippen LogP contribution in [0.25, 0.3) is 5.69 Å². The first-order valence-electron chi connectivity index (χ1n) is 15.6. The number of aromatic nitrogens is 3. The molecule has 236 valence electrons. The van der Waals surface area contributed by atoms with Gasteiger partial charge in [0, 0.05) is 55.9 Å². The Morgan fingerprint density at radius 2 is 1.61 bits per heavy atom. The van der Waals surface area contributed by atoms with Crippen LogP contribution in [-0.2, 0) is 4.74 Å². The van der Waals surface area contributed by atoms with Crippen molar-refractivity contribution in [2.45, 2.75) is 53.1 Å². The highest BCUT2D eigenvalue weighted by atomic mass is 16.5. The average molecular weight is 603 g/mol. The molecule has 2 N–H and O–H groups in total. The maximum absolute atomic E-state index is 13.6. The molecule has 2 aromatic carbocycles. The first-order chi connectivity index (χ1) is 21.1. The van der Waals surface area contributed by atoms with Crippen LogP contribution in [0.3, 0.4) is 0 Å². The smallest absolute Gasteiger partial charge is 0.273 e. The van der Waals surface area contributed by atoms with Crippen LogP contribution in [0.15, 0.2) is 36.5 Å². The van der Waals surface area contributed by atoms with E-state index in [9.17, 15) is 9.59 Å². The third-order valence-corrected chi connectivity index (χ3v) is 8.85. The van der Waals surface area contributed by atoms with Crippen molar-refractivity contribution in [2.75, 3.05) is 69.7 Å². The molecule has 11 heteroatoms. The number of aryl methyl sites for hydroxylation is 2. The number of carbonyl (C=O) groups excluding carboxylic acids is 2. The minimum absolute atomic E-state index is 0.163. The maximum Gasteiger partial charge on any atom is 0.273 e. The molecule has 0 bridgehead atoms. The second-order valence-corrected chi connectivity index (χ2v) is 12.3. The van der Waals surface area contributed by atoms with Gasteiger partial charge in [-0.3, -0.25) is 19.4 Å². The predicted octanol–water partition coefficient (Wildman–Crippen LogP) is 3.43. The molecular formula is C33H46N8O3. The van der Waals surface area contributed by atoms with Crippen molar-refractivity contribution in [1.82, 2.24) is 30.1 Å². The molecule has 0 spiro atoms. The third kappa shape index (κ3) is 7.28. The van der Waals surface area contributed by atoms with Crippen molar-refractivity contribution in [1.29, 1.82) is 0 Å². The number of hydrogen-bond donors (Lipinski definition) is 2. The lowest BCUT2D eigenvalue weighted by Crippen LogP contribution is -2.55. The van der Waals surface area contributed by atoms with Gasteiger partial charge in [0.15, 0.2) is 5.69 Å². The van der Waals surface area contributed by atoms with Crippen LogP contribution < -0.4 is 15.5 Å². The lowest BCUT2D eigenvalue weighted by molar-refractivity contribution is 0.0374. The molecular weight excluding hydrogens is 556 g/mol. The lowest BCUT2D eigenvalue weighted by atomic mass is 10.0. The van der Waals surface area contributed by atoms with Gasteiger partial charge in [0.2, 0.25) is 0 Å². The highest BCUT2D eigenvalue weighted by molar-refractivity contribution is 6.07. The van der Waals surface area contributed by atoms with Gasteiger partial charge in [-0.05, 0) is 78.9 Å². The molecule has 0 radical (unpaired) electrons. The van der Waals surface area contributed by atoms with Crippen molar-refractivity contribution in [3.05, 3.63) is 64.5 Å². The van der Waals surface area contributed by atoms with Crippen LogP contribution in [0, 0.1) is 20.8 Å². The maximum atomic E-state index is 13.6. The Morgan fingerprint density at radius 3 is 2.30 bits per heavy atom. The number of morpholine rings is 1. The van der Waals surface area contributed by atoms with Crippen molar-refractivity contribution in [3.63, 3.8) is 0 Å². The molecule has 0 unspecified atom stereocenters. The molecule has 2 fully saturated rings. The normalized spacial score (nSPS) is 19.6. The highest BCUT2D eigenvalue weighted by Gasteiger charge is 2.29. The van der Waals surface area contributed by atoms with E-state index < -0.39 is 0 Å². The van der Waals surface area contributed by atoms with E-state index in [2.05, 4.69) is 62.6 Å². The number of rotatable bonds is 9. The van der Waals surface area contributed by atoms with Crippen LogP contribution in [0.1, 0.15) is 57.8 Å². The number of carbonyl (C=O) groups is 2. The second-order valence-electron chi connectivity index (χ2n) is 12.3. The molecule has 5 rings (SSSR count). The fraction of sp³-hybridized carbons (Fsp3) is 0.515. The van der Waals surface area contributed by atoms with Gasteiger partial charge in [0.25, 0.3) is 11.8 Å². The summed E-state index contributed by atoms with van der Waals surface area (Å²) < 4.78 is 7.01. The van der Waals surface area contributed by atoms with E-state index in [1.54, 1.807) is 10.9 Å². The van der Waals surface area contributed by atoms with Gasteiger partial charge in [-0.15, -0.1) is 5.10 Å². The lowest BCUT2D eigenvalue weighted by Gasteiger charge is -2.44. The van der Waals surface area contributed by atoms with Crippen LogP contribution in [0.4, 0.5) is 11.4 Å². The Hall–Kier alpha value is -3.80. The summed E-state index contributed by atoms with van der Waals surface area (Å²) in [7, 11) is 2.16. The summed E-state index contributed by atoms with van der Waals surface area (Å²) in [5, 5.41) is 14.7. The summed E-state index contributed by atoms with van der Waals surface area (Å²) in [5.41, 5.74) is 6.25. The molecule has 44 heavy (non-hydrogen) atoms. The quantitative estimate of drug-likeness (QED) is 0.359. The Balaban J connectivity index is 1.37.